The van der Waals surface area contributed by atoms with Crippen LogP contribution in [0.3, 0.4) is 0 Å². The summed E-state index contributed by atoms with van der Waals surface area (Å²) >= 11 is 0. The summed E-state index contributed by atoms with van der Waals surface area (Å²) in [6.07, 6.45) is 5.04. The van der Waals surface area contributed by atoms with Crippen LogP contribution in [0.2, 0.25) is 0 Å². The van der Waals surface area contributed by atoms with Crippen molar-refractivity contribution in [2.75, 3.05) is 0 Å². The van der Waals surface area contributed by atoms with Gasteiger partial charge in [0, 0.05) is 0 Å². The molecule has 0 fully saturated rings. The third-order valence-electron chi connectivity index (χ3n) is 5.28. The standard InChI is InChI=1S/C16H26.C12H18/c1-13(2)5-7-15-9-11-16(12-10-15)8-6-14(3)4;1-9(2)11-7-5-6-8-12(11)10(3)4/h9-14H,5-8H2,1-4H3;5-10H,1-4H3. The third kappa shape index (κ3) is 9.58. The minimum atomic E-state index is 0.642. The topological polar surface area (TPSA) is 0 Å². The van der Waals surface area contributed by atoms with Gasteiger partial charge < -0.3 is 0 Å². The van der Waals surface area contributed by atoms with E-state index < -0.39 is 0 Å². The van der Waals surface area contributed by atoms with E-state index in [0.717, 1.165) is 11.8 Å². The van der Waals surface area contributed by atoms with E-state index in [1.54, 1.807) is 0 Å². The van der Waals surface area contributed by atoms with Gasteiger partial charge in [0.2, 0.25) is 0 Å². The van der Waals surface area contributed by atoms with Gasteiger partial charge in [-0.05, 0) is 71.6 Å². The summed E-state index contributed by atoms with van der Waals surface area (Å²) in [4.78, 5) is 0. The van der Waals surface area contributed by atoms with Crippen molar-refractivity contribution in [1.82, 2.24) is 0 Å². The molecule has 156 valence electrons. The van der Waals surface area contributed by atoms with Crippen LogP contribution in [0.4, 0.5) is 0 Å². The number of benzene rings is 2. The lowest BCUT2D eigenvalue weighted by Crippen LogP contribution is -1.97. The SMILES string of the molecule is CC(C)CCc1ccc(CCC(C)C)cc1.CC(C)c1ccccc1C(C)C. The van der Waals surface area contributed by atoms with Gasteiger partial charge in [0.25, 0.3) is 0 Å². The average molecular weight is 381 g/mol. The van der Waals surface area contributed by atoms with Crippen molar-refractivity contribution in [3.63, 3.8) is 0 Å². The molecular weight excluding hydrogens is 336 g/mol. The highest BCUT2D eigenvalue weighted by Crippen LogP contribution is 2.25. The fourth-order valence-electron chi connectivity index (χ4n) is 3.35. The van der Waals surface area contributed by atoms with E-state index >= 15 is 0 Å². The summed E-state index contributed by atoms with van der Waals surface area (Å²) in [5.41, 5.74) is 5.96. The van der Waals surface area contributed by atoms with Crippen molar-refractivity contribution in [1.29, 1.82) is 0 Å². The molecule has 0 aliphatic heterocycles. The summed E-state index contributed by atoms with van der Waals surface area (Å²) in [5.74, 6) is 2.90. The summed E-state index contributed by atoms with van der Waals surface area (Å²) in [5, 5.41) is 0. The molecule has 0 heterocycles. The van der Waals surface area contributed by atoms with Crippen molar-refractivity contribution in [3.05, 3.63) is 70.8 Å². The second kappa shape index (κ2) is 12.8. The van der Waals surface area contributed by atoms with Gasteiger partial charge in [-0.25, -0.2) is 0 Å². The molecule has 0 heteroatoms. The first kappa shape index (κ1) is 24.5. The highest BCUT2D eigenvalue weighted by molar-refractivity contribution is 5.31. The maximum atomic E-state index is 2.30. The molecule has 0 aliphatic carbocycles. The van der Waals surface area contributed by atoms with Crippen LogP contribution in [-0.4, -0.2) is 0 Å². The van der Waals surface area contributed by atoms with E-state index in [-0.39, 0.29) is 0 Å². The second-order valence-electron chi connectivity index (χ2n) is 9.62. The van der Waals surface area contributed by atoms with Crippen LogP contribution in [0.5, 0.6) is 0 Å². The fraction of sp³-hybridized carbons (Fsp3) is 0.571. The Bertz CT molecular complexity index is 586. The highest BCUT2D eigenvalue weighted by Gasteiger charge is 2.07. The molecular formula is C28H44. The zero-order valence-corrected chi connectivity index (χ0v) is 19.8. The van der Waals surface area contributed by atoms with Crippen LogP contribution in [0.1, 0.15) is 102 Å². The van der Waals surface area contributed by atoms with Crippen molar-refractivity contribution in [2.24, 2.45) is 11.8 Å². The highest BCUT2D eigenvalue weighted by atomic mass is 14.1. The summed E-state index contributed by atoms with van der Waals surface area (Å²) in [6, 6.07) is 17.9. The van der Waals surface area contributed by atoms with Gasteiger partial charge in [0.1, 0.15) is 0 Å². The van der Waals surface area contributed by atoms with Crippen molar-refractivity contribution < 1.29 is 0 Å². The van der Waals surface area contributed by atoms with Gasteiger partial charge in [0.05, 0.1) is 0 Å². The molecule has 0 radical (unpaired) electrons. The number of aryl methyl sites for hydroxylation is 2. The molecule has 0 saturated heterocycles. The number of hydrogen-bond donors (Lipinski definition) is 0. The van der Waals surface area contributed by atoms with E-state index in [0.29, 0.717) is 11.8 Å². The first-order valence-corrected chi connectivity index (χ1v) is 11.4. The Morgan fingerprint density at radius 3 is 1.07 bits per heavy atom. The van der Waals surface area contributed by atoms with Crippen LogP contribution < -0.4 is 0 Å². The Balaban J connectivity index is 0.000000292. The quantitative estimate of drug-likeness (QED) is 0.429. The Labute approximate surface area is 175 Å². The second-order valence-corrected chi connectivity index (χ2v) is 9.62. The normalized spacial score (nSPS) is 11.3. The molecule has 2 rings (SSSR count). The van der Waals surface area contributed by atoms with Crippen molar-refractivity contribution in [3.8, 4) is 0 Å². The van der Waals surface area contributed by atoms with E-state index in [1.165, 1.54) is 47.9 Å². The lowest BCUT2D eigenvalue weighted by atomic mass is 9.91. The lowest BCUT2D eigenvalue weighted by molar-refractivity contribution is 0.583. The van der Waals surface area contributed by atoms with Crippen LogP contribution in [-0.2, 0) is 12.8 Å². The van der Waals surface area contributed by atoms with E-state index in [4.69, 9.17) is 0 Å². The molecule has 0 amide bonds. The molecule has 0 bridgehead atoms. The molecule has 0 atom stereocenters. The molecule has 2 aromatic rings. The maximum Gasteiger partial charge on any atom is -0.0216 e. The van der Waals surface area contributed by atoms with Gasteiger partial charge in [-0.15, -0.1) is 0 Å². The predicted molar refractivity (Wildman–Crippen MR) is 127 cm³/mol. The Kier molecular flexibility index (Phi) is 11.2. The Morgan fingerprint density at radius 1 is 0.500 bits per heavy atom. The van der Waals surface area contributed by atoms with Crippen LogP contribution in [0, 0.1) is 11.8 Å². The average Bonchev–Trinajstić information content (AvgIpc) is 2.66. The fourth-order valence-corrected chi connectivity index (χ4v) is 3.35. The van der Waals surface area contributed by atoms with E-state index in [1.807, 2.05) is 0 Å². The van der Waals surface area contributed by atoms with Gasteiger partial charge in [-0.2, -0.15) is 0 Å². The minimum Gasteiger partial charge on any atom is -0.0628 e. The van der Waals surface area contributed by atoms with E-state index in [2.05, 4.69) is 104 Å². The van der Waals surface area contributed by atoms with Crippen LogP contribution in [0.15, 0.2) is 48.5 Å². The number of rotatable bonds is 8. The molecule has 2 aromatic carbocycles. The molecule has 0 unspecified atom stereocenters. The van der Waals surface area contributed by atoms with Crippen molar-refractivity contribution in [2.45, 2.75) is 92.9 Å². The summed E-state index contributed by atoms with van der Waals surface area (Å²) in [6.45, 7) is 18.2. The monoisotopic (exact) mass is 380 g/mol. The first-order valence-electron chi connectivity index (χ1n) is 11.4. The van der Waals surface area contributed by atoms with Crippen molar-refractivity contribution >= 4 is 0 Å². The smallest absolute Gasteiger partial charge is 0.0216 e. The Morgan fingerprint density at radius 2 is 0.821 bits per heavy atom. The zero-order chi connectivity index (χ0) is 21.1. The van der Waals surface area contributed by atoms with E-state index in [9.17, 15) is 0 Å². The molecule has 0 aliphatic rings. The van der Waals surface area contributed by atoms with Gasteiger partial charge in [-0.1, -0.05) is 104 Å². The molecule has 0 nitrogen and oxygen atoms in total. The molecule has 0 saturated carbocycles. The van der Waals surface area contributed by atoms with Gasteiger partial charge in [0.15, 0.2) is 0 Å². The number of hydrogen-bond acceptors (Lipinski definition) is 0. The predicted octanol–water partition coefficient (Wildman–Crippen LogP) is 8.80. The molecule has 0 aromatic heterocycles. The zero-order valence-electron chi connectivity index (χ0n) is 19.8. The van der Waals surface area contributed by atoms with Gasteiger partial charge in [-0.3, -0.25) is 0 Å². The van der Waals surface area contributed by atoms with Gasteiger partial charge >= 0.3 is 0 Å². The molecule has 28 heavy (non-hydrogen) atoms. The first-order chi connectivity index (χ1) is 13.2. The molecule has 0 spiro atoms. The third-order valence-corrected chi connectivity index (χ3v) is 5.28. The minimum absolute atomic E-state index is 0.642. The Hall–Kier alpha value is -1.56. The summed E-state index contributed by atoms with van der Waals surface area (Å²) in [7, 11) is 0. The largest absolute Gasteiger partial charge is 0.0628 e. The lowest BCUT2D eigenvalue weighted by Gasteiger charge is -2.14. The summed E-state index contributed by atoms with van der Waals surface area (Å²) < 4.78 is 0. The maximum absolute atomic E-state index is 2.30. The molecule has 0 N–H and O–H groups in total. The van der Waals surface area contributed by atoms with Crippen LogP contribution in [0.25, 0.3) is 0 Å². The van der Waals surface area contributed by atoms with Crippen LogP contribution >= 0.6 is 0 Å².